The van der Waals surface area contributed by atoms with E-state index in [1.165, 1.54) is 12.8 Å². The summed E-state index contributed by atoms with van der Waals surface area (Å²) < 4.78 is 1.72. The van der Waals surface area contributed by atoms with Gasteiger partial charge in [-0.15, -0.1) is 0 Å². The Kier molecular flexibility index (Phi) is 2.85. The standard InChI is InChI=1S/C11H17N3O2/c1-2-8-9(11(15)16)13-14(10(8)12)7-5-3-4-6-7/h7H,2-6,12H2,1H3,(H,15,16). The van der Waals surface area contributed by atoms with E-state index in [-0.39, 0.29) is 5.69 Å². The maximum Gasteiger partial charge on any atom is 0.356 e. The van der Waals surface area contributed by atoms with Gasteiger partial charge >= 0.3 is 5.97 Å². The van der Waals surface area contributed by atoms with Gasteiger partial charge in [0.05, 0.1) is 6.04 Å². The normalized spacial score (nSPS) is 16.8. The van der Waals surface area contributed by atoms with Crippen LogP contribution in [0, 0.1) is 0 Å². The maximum atomic E-state index is 11.0. The third kappa shape index (κ3) is 1.66. The molecule has 1 aliphatic rings. The van der Waals surface area contributed by atoms with Gasteiger partial charge in [0.25, 0.3) is 0 Å². The number of rotatable bonds is 3. The number of carboxylic acids is 1. The quantitative estimate of drug-likeness (QED) is 0.819. The highest BCUT2D eigenvalue weighted by Crippen LogP contribution is 2.32. The van der Waals surface area contributed by atoms with Crippen molar-refractivity contribution in [2.75, 3.05) is 5.73 Å². The zero-order valence-electron chi connectivity index (χ0n) is 9.44. The molecule has 1 aromatic heterocycles. The van der Waals surface area contributed by atoms with Gasteiger partial charge in [-0.2, -0.15) is 5.10 Å². The van der Waals surface area contributed by atoms with Crippen LogP contribution in [-0.4, -0.2) is 20.9 Å². The van der Waals surface area contributed by atoms with Crippen molar-refractivity contribution in [2.45, 2.75) is 45.1 Å². The van der Waals surface area contributed by atoms with Crippen LogP contribution in [0.2, 0.25) is 0 Å². The van der Waals surface area contributed by atoms with Crippen LogP contribution < -0.4 is 5.73 Å². The molecule has 3 N–H and O–H groups in total. The van der Waals surface area contributed by atoms with Crippen molar-refractivity contribution in [3.63, 3.8) is 0 Å². The molecule has 0 unspecified atom stereocenters. The molecule has 0 aromatic carbocycles. The molecule has 1 heterocycles. The van der Waals surface area contributed by atoms with Crippen LogP contribution in [0.4, 0.5) is 5.82 Å². The van der Waals surface area contributed by atoms with Gasteiger partial charge in [-0.3, -0.25) is 0 Å². The zero-order chi connectivity index (χ0) is 11.7. The van der Waals surface area contributed by atoms with Crippen LogP contribution in [0.3, 0.4) is 0 Å². The second kappa shape index (κ2) is 4.15. The molecule has 0 spiro atoms. The number of hydrogen-bond acceptors (Lipinski definition) is 3. The molecule has 16 heavy (non-hydrogen) atoms. The molecule has 1 aromatic rings. The fourth-order valence-corrected chi connectivity index (χ4v) is 2.43. The van der Waals surface area contributed by atoms with Crippen LogP contribution >= 0.6 is 0 Å². The summed E-state index contributed by atoms with van der Waals surface area (Å²) in [5.41, 5.74) is 6.75. The number of hydrogen-bond donors (Lipinski definition) is 2. The molecule has 0 amide bonds. The van der Waals surface area contributed by atoms with E-state index in [9.17, 15) is 4.79 Å². The van der Waals surface area contributed by atoms with Crippen molar-refractivity contribution in [3.05, 3.63) is 11.3 Å². The number of nitrogens with zero attached hydrogens (tertiary/aromatic N) is 2. The first kappa shape index (κ1) is 11.0. The predicted molar refractivity (Wildman–Crippen MR) is 60.5 cm³/mol. The van der Waals surface area contributed by atoms with E-state index in [0.717, 1.165) is 12.8 Å². The lowest BCUT2D eigenvalue weighted by atomic mass is 10.2. The lowest BCUT2D eigenvalue weighted by Gasteiger charge is -2.11. The molecule has 5 nitrogen and oxygen atoms in total. The lowest BCUT2D eigenvalue weighted by Crippen LogP contribution is -2.10. The molecule has 1 fully saturated rings. The first-order valence-corrected chi connectivity index (χ1v) is 5.75. The lowest BCUT2D eigenvalue weighted by molar-refractivity contribution is 0.0688. The van der Waals surface area contributed by atoms with Gasteiger partial charge in [-0.05, 0) is 19.3 Å². The highest BCUT2D eigenvalue weighted by atomic mass is 16.4. The molecule has 88 valence electrons. The minimum absolute atomic E-state index is 0.117. The molecule has 2 rings (SSSR count). The largest absolute Gasteiger partial charge is 0.476 e. The summed E-state index contributed by atoms with van der Waals surface area (Å²) >= 11 is 0. The van der Waals surface area contributed by atoms with E-state index in [2.05, 4.69) is 5.10 Å². The number of nitrogens with two attached hydrogens (primary N) is 1. The Hall–Kier alpha value is -1.52. The summed E-state index contributed by atoms with van der Waals surface area (Å²) in [6.45, 7) is 1.90. The molecule has 0 atom stereocenters. The number of carbonyl (C=O) groups is 1. The minimum atomic E-state index is -0.986. The number of aromatic carboxylic acids is 1. The third-order valence-electron chi connectivity index (χ3n) is 3.28. The second-order valence-corrected chi connectivity index (χ2v) is 4.25. The summed E-state index contributed by atoms with van der Waals surface area (Å²) in [6.07, 6.45) is 5.06. The third-order valence-corrected chi connectivity index (χ3v) is 3.28. The van der Waals surface area contributed by atoms with Crippen LogP contribution in [0.1, 0.15) is 54.7 Å². The molecule has 1 aliphatic carbocycles. The number of anilines is 1. The van der Waals surface area contributed by atoms with Crippen molar-refractivity contribution >= 4 is 11.8 Å². The van der Waals surface area contributed by atoms with E-state index in [1.807, 2.05) is 6.92 Å². The number of nitrogen functional groups attached to an aromatic ring is 1. The average Bonchev–Trinajstić information content (AvgIpc) is 2.84. The molecule has 1 saturated carbocycles. The van der Waals surface area contributed by atoms with Crippen LogP contribution in [0.5, 0.6) is 0 Å². The van der Waals surface area contributed by atoms with Crippen molar-refractivity contribution in [1.29, 1.82) is 0 Å². The number of aromatic nitrogens is 2. The molecule has 0 aliphatic heterocycles. The molecule has 5 heteroatoms. The maximum absolute atomic E-state index is 11.0. The van der Waals surface area contributed by atoms with Gasteiger partial charge in [-0.25, -0.2) is 9.48 Å². The van der Waals surface area contributed by atoms with E-state index in [0.29, 0.717) is 23.8 Å². The van der Waals surface area contributed by atoms with Gasteiger partial charge in [0.15, 0.2) is 5.69 Å². The Morgan fingerprint density at radius 1 is 1.56 bits per heavy atom. The highest BCUT2D eigenvalue weighted by Gasteiger charge is 2.25. The Balaban J connectivity index is 2.42. The fourth-order valence-electron chi connectivity index (χ4n) is 2.43. The SMILES string of the molecule is CCc1c(C(=O)O)nn(C2CCCC2)c1N. The molecule has 0 bridgehead atoms. The van der Waals surface area contributed by atoms with Gasteiger partial charge < -0.3 is 10.8 Å². The fraction of sp³-hybridized carbons (Fsp3) is 0.636. The van der Waals surface area contributed by atoms with Crippen molar-refractivity contribution in [1.82, 2.24) is 9.78 Å². The van der Waals surface area contributed by atoms with Gasteiger partial charge in [0.1, 0.15) is 5.82 Å². The smallest absolute Gasteiger partial charge is 0.356 e. The van der Waals surface area contributed by atoms with Gasteiger partial charge in [0, 0.05) is 5.56 Å². The summed E-state index contributed by atoms with van der Waals surface area (Å²) in [5, 5.41) is 13.2. The summed E-state index contributed by atoms with van der Waals surface area (Å²) in [6, 6.07) is 0.290. The number of carboxylic acid groups (broad SMARTS) is 1. The van der Waals surface area contributed by atoms with Crippen molar-refractivity contribution < 1.29 is 9.90 Å². The van der Waals surface area contributed by atoms with Crippen LogP contribution in [0.15, 0.2) is 0 Å². The Morgan fingerprint density at radius 2 is 2.19 bits per heavy atom. The molecular formula is C11H17N3O2. The molecular weight excluding hydrogens is 206 g/mol. The summed E-state index contributed by atoms with van der Waals surface area (Å²) in [5.74, 6) is -0.452. The molecule has 0 radical (unpaired) electrons. The summed E-state index contributed by atoms with van der Waals surface area (Å²) in [7, 11) is 0. The van der Waals surface area contributed by atoms with Crippen LogP contribution in [-0.2, 0) is 6.42 Å². The predicted octanol–water partition coefficient (Wildman–Crippen LogP) is 1.84. The van der Waals surface area contributed by atoms with E-state index in [1.54, 1.807) is 4.68 Å². The average molecular weight is 223 g/mol. The minimum Gasteiger partial charge on any atom is -0.476 e. The molecule has 0 saturated heterocycles. The first-order valence-electron chi connectivity index (χ1n) is 5.75. The van der Waals surface area contributed by atoms with Gasteiger partial charge in [-0.1, -0.05) is 19.8 Å². The monoisotopic (exact) mass is 223 g/mol. The topological polar surface area (TPSA) is 81.1 Å². The van der Waals surface area contributed by atoms with E-state index >= 15 is 0 Å². The summed E-state index contributed by atoms with van der Waals surface area (Å²) in [4.78, 5) is 11.0. The van der Waals surface area contributed by atoms with Crippen molar-refractivity contribution in [2.24, 2.45) is 0 Å². The Labute approximate surface area is 94.2 Å². The van der Waals surface area contributed by atoms with E-state index < -0.39 is 5.97 Å². The zero-order valence-corrected chi connectivity index (χ0v) is 9.44. The van der Waals surface area contributed by atoms with E-state index in [4.69, 9.17) is 10.8 Å². The van der Waals surface area contributed by atoms with Crippen LogP contribution in [0.25, 0.3) is 0 Å². The highest BCUT2D eigenvalue weighted by molar-refractivity contribution is 5.88. The van der Waals surface area contributed by atoms with Crippen molar-refractivity contribution in [3.8, 4) is 0 Å². The Bertz CT molecular complexity index is 406. The Morgan fingerprint density at radius 3 is 2.62 bits per heavy atom. The van der Waals surface area contributed by atoms with Gasteiger partial charge in [0.2, 0.25) is 0 Å². The second-order valence-electron chi connectivity index (χ2n) is 4.25. The first-order chi connectivity index (χ1) is 7.65.